The van der Waals surface area contributed by atoms with Gasteiger partial charge in [-0.1, -0.05) is 19.9 Å². The average Bonchev–Trinajstić information content (AvgIpc) is 2.32. The molecule has 0 spiro atoms. The predicted molar refractivity (Wildman–Crippen MR) is 77.9 cm³/mol. The molecule has 0 fully saturated rings. The Bertz CT molecular complexity index is 339. The van der Waals surface area contributed by atoms with Crippen molar-refractivity contribution in [3.63, 3.8) is 0 Å². The van der Waals surface area contributed by atoms with Gasteiger partial charge < -0.3 is 15.4 Å². The molecule has 3 heteroatoms. The fourth-order valence-corrected chi connectivity index (χ4v) is 1.72. The fraction of sp³-hybridized carbons (Fsp3) is 0.600. The summed E-state index contributed by atoms with van der Waals surface area (Å²) in [7, 11) is 2.17. The summed E-state index contributed by atoms with van der Waals surface area (Å²) >= 11 is 0. The lowest BCUT2D eigenvalue weighted by Gasteiger charge is -2.17. The summed E-state index contributed by atoms with van der Waals surface area (Å²) < 4.78 is 5.66. The Hall–Kier alpha value is -1.22. The zero-order valence-corrected chi connectivity index (χ0v) is 11.9. The number of hydrogen-bond donors (Lipinski definition) is 1. The van der Waals surface area contributed by atoms with Crippen LogP contribution < -0.4 is 10.5 Å². The van der Waals surface area contributed by atoms with Crippen molar-refractivity contribution < 1.29 is 4.74 Å². The summed E-state index contributed by atoms with van der Waals surface area (Å²) in [5.74, 6) is 1.64. The monoisotopic (exact) mass is 250 g/mol. The van der Waals surface area contributed by atoms with Crippen LogP contribution in [-0.4, -0.2) is 31.6 Å². The van der Waals surface area contributed by atoms with Crippen LogP contribution in [0, 0.1) is 5.92 Å². The number of nitrogens with zero attached hydrogens (tertiary/aromatic N) is 1. The van der Waals surface area contributed by atoms with E-state index in [1.165, 1.54) is 6.42 Å². The molecule has 0 radical (unpaired) electrons. The van der Waals surface area contributed by atoms with Crippen LogP contribution in [0.2, 0.25) is 0 Å². The summed E-state index contributed by atoms with van der Waals surface area (Å²) in [4.78, 5) is 2.36. The van der Waals surface area contributed by atoms with Gasteiger partial charge in [0.1, 0.15) is 5.75 Å². The summed E-state index contributed by atoms with van der Waals surface area (Å²) in [5.41, 5.74) is 6.44. The van der Waals surface area contributed by atoms with Crippen LogP contribution in [0.1, 0.15) is 26.7 Å². The number of nitrogens with two attached hydrogens (primary N) is 1. The maximum absolute atomic E-state index is 5.69. The van der Waals surface area contributed by atoms with Crippen molar-refractivity contribution in [1.82, 2.24) is 4.90 Å². The molecule has 0 atom stereocenters. The SMILES string of the molecule is CC(C)CCN(C)CCCOc1cccc(N)c1. The van der Waals surface area contributed by atoms with Crippen molar-refractivity contribution in [3.8, 4) is 5.75 Å². The molecule has 3 nitrogen and oxygen atoms in total. The zero-order chi connectivity index (χ0) is 13.4. The van der Waals surface area contributed by atoms with Crippen molar-refractivity contribution in [1.29, 1.82) is 0 Å². The van der Waals surface area contributed by atoms with Crippen LogP contribution >= 0.6 is 0 Å². The van der Waals surface area contributed by atoms with Gasteiger partial charge in [0.25, 0.3) is 0 Å². The molecule has 18 heavy (non-hydrogen) atoms. The second kappa shape index (κ2) is 7.98. The molecule has 1 rings (SSSR count). The third-order valence-corrected chi connectivity index (χ3v) is 2.90. The van der Waals surface area contributed by atoms with Crippen LogP contribution in [0.3, 0.4) is 0 Å². The van der Waals surface area contributed by atoms with E-state index in [2.05, 4.69) is 25.8 Å². The Kier molecular flexibility index (Phi) is 6.58. The lowest BCUT2D eigenvalue weighted by molar-refractivity contribution is 0.255. The predicted octanol–water partition coefficient (Wildman–Crippen LogP) is 3.02. The highest BCUT2D eigenvalue weighted by Crippen LogP contribution is 2.14. The summed E-state index contributed by atoms with van der Waals surface area (Å²) in [6, 6.07) is 7.59. The molecule has 102 valence electrons. The van der Waals surface area contributed by atoms with Gasteiger partial charge in [-0.05, 0) is 44.5 Å². The number of hydrogen-bond acceptors (Lipinski definition) is 3. The van der Waals surface area contributed by atoms with Gasteiger partial charge in [0.05, 0.1) is 6.61 Å². The molecule has 0 amide bonds. The number of ether oxygens (including phenoxy) is 1. The number of anilines is 1. The fourth-order valence-electron chi connectivity index (χ4n) is 1.72. The topological polar surface area (TPSA) is 38.5 Å². The molecule has 0 saturated carbocycles. The summed E-state index contributed by atoms with van der Waals surface area (Å²) in [6.07, 6.45) is 2.30. The maximum Gasteiger partial charge on any atom is 0.121 e. The van der Waals surface area contributed by atoms with Gasteiger partial charge in [-0.2, -0.15) is 0 Å². The molecular formula is C15H26N2O. The Morgan fingerprint density at radius 1 is 1.28 bits per heavy atom. The van der Waals surface area contributed by atoms with Crippen molar-refractivity contribution in [2.45, 2.75) is 26.7 Å². The second-order valence-corrected chi connectivity index (χ2v) is 5.26. The molecule has 0 aliphatic heterocycles. The molecule has 1 aromatic rings. The van der Waals surface area contributed by atoms with Crippen molar-refractivity contribution >= 4 is 5.69 Å². The van der Waals surface area contributed by atoms with Gasteiger partial charge >= 0.3 is 0 Å². The summed E-state index contributed by atoms with van der Waals surface area (Å²) in [6.45, 7) is 7.51. The van der Waals surface area contributed by atoms with Crippen molar-refractivity contribution in [3.05, 3.63) is 24.3 Å². The van der Waals surface area contributed by atoms with Gasteiger partial charge in [0, 0.05) is 18.3 Å². The third kappa shape index (κ3) is 6.50. The highest BCUT2D eigenvalue weighted by Gasteiger charge is 2.01. The Morgan fingerprint density at radius 2 is 2.06 bits per heavy atom. The van der Waals surface area contributed by atoms with E-state index in [-0.39, 0.29) is 0 Å². The highest BCUT2D eigenvalue weighted by molar-refractivity contribution is 5.43. The minimum Gasteiger partial charge on any atom is -0.493 e. The summed E-state index contributed by atoms with van der Waals surface area (Å²) in [5, 5.41) is 0. The Labute approximate surface area is 111 Å². The number of rotatable bonds is 8. The van der Waals surface area contributed by atoms with E-state index < -0.39 is 0 Å². The number of nitrogen functional groups attached to an aromatic ring is 1. The van der Waals surface area contributed by atoms with Crippen LogP contribution in [-0.2, 0) is 0 Å². The lowest BCUT2D eigenvalue weighted by Crippen LogP contribution is -2.23. The quantitative estimate of drug-likeness (QED) is 0.569. The van der Waals surface area contributed by atoms with Gasteiger partial charge in [-0.25, -0.2) is 0 Å². The van der Waals surface area contributed by atoms with Gasteiger partial charge in [-0.15, -0.1) is 0 Å². The normalized spacial score (nSPS) is 11.2. The molecule has 2 N–H and O–H groups in total. The van der Waals surface area contributed by atoms with Crippen LogP contribution in [0.15, 0.2) is 24.3 Å². The van der Waals surface area contributed by atoms with E-state index in [0.29, 0.717) is 0 Å². The van der Waals surface area contributed by atoms with E-state index >= 15 is 0 Å². The van der Waals surface area contributed by atoms with Gasteiger partial charge in [0.2, 0.25) is 0 Å². The first kappa shape index (κ1) is 14.8. The second-order valence-electron chi connectivity index (χ2n) is 5.26. The Morgan fingerprint density at radius 3 is 2.72 bits per heavy atom. The minimum atomic E-state index is 0.746. The van der Waals surface area contributed by atoms with E-state index in [1.54, 1.807) is 0 Å². The van der Waals surface area contributed by atoms with Crippen LogP contribution in [0.4, 0.5) is 5.69 Å². The smallest absolute Gasteiger partial charge is 0.121 e. The molecule has 0 aromatic heterocycles. The molecule has 0 bridgehead atoms. The van der Waals surface area contributed by atoms with Crippen molar-refractivity contribution in [2.24, 2.45) is 5.92 Å². The molecule has 0 unspecified atom stereocenters. The average molecular weight is 250 g/mol. The van der Waals surface area contributed by atoms with Crippen LogP contribution in [0.5, 0.6) is 5.75 Å². The largest absolute Gasteiger partial charge is 0.493 e. The zero-order valence-electron chi connectivity index (χ0n) is 11.9. The first-order chi connectivity index (χ1) is 8.58. The highest BCUT2D eigenvalue weighted by atomic mass is 16.5. The van der Waals surface area contributed by atoms with E-state index in [9.17, 15) is 0 Å². The molecule has 0 aliphatic carbocycles. The number of benzene rings is 1. The van der Waals surface area contributed by atoms with E-state index in [1.807, 2.05) is 24.3 Å². The molecule has 0 aliphatic rings. The molecule has 1 aromatic carbocycles. The van der Waals surface area contributed by atoms with E-state index in [4.69, 9.17) is 10.5 Å². The Balaban J connectivity index is 2.11. The van der Waals surface area contributed by atoms with Gasteiger partial charge in [-0.3, -0.25) is 0 Å². The van der Waals surface area contributed by atoms with E-state index in [0.717, 1.165) is 43.5 Å². The lowest BCUT2D eigenvalue weighted by atomic mass is 10.1. The first-order valence-corrected chi connectivity index (χ1v) is 6.75. The molecule has 0 heterocycles. The molecular weight excluding hydrogens is 224 g/mol. The van der Waals surface area contributed by atoms with Gasteiger partial charge in [0.15, 0.2) is 0 Å². The third-order valence-electron chi connectivity index (χ3n) is 2.90. The molecule has 0 saturated heterocycles. The first-order valence-electron chi connectivity index (χ1n) is 6.75. The minimum absolute atomic E-state index is 0.746. The standard InChI is InChI=1S/C15H26N2O/c1-13(2)8-10-17(3)9-5-11-18-15-7-4-6-14(16)12-15/h4,6-7,12-13H,5,8-11,16H2,1-3H3. The van der Waals surface area contributed by atoms with Crippen molar-refractivity contribution in [2.75, 3.05) is 32.5 Å². The van der Waals surface area contributed by atoms with Crippen LogP contribution in [0.25, 0.3) is 0 Å². The maximum atomic E-state index is 5.69.